The van der Waals surface area contributed by atoms with Gasteiger partial charge in [0.25, 0.3) is 10.0 Å². The fourth-order valence-corrected chi connectivity index (χ4v) is 4.59. The van der Waals surface area contributed by atoms with Crippen LogP contribution in [-0.4, -0.2) is 33.7 Å². The number of benzene rings is 2. The van der Waals surface area contributed by atoms with Crippen molar-refractivity contribution in [1.82, 2.24) is 5.16 Å². The van der Waals surface area contributed by atoms with Crippen molar-refractivity contribution in [3.8, 4) is 22.6 Å². The van der Waals surface area contributed by atoms with Gasteiger partial charge in [-0.15, -0.1) is 0 Å². The number of ether oxygens (including phenoxy) is 2. The van der Waals surface area contributed by atoms with E-state index < -0.39 is 10.0 Å². The Kier molecular flexibility index (Phi) is 6.95. The van der Waals surface area contributed by atoms with E-state index in [-0.39, 0.29) is 33.1 Å². The van der Waals surface area contributed by atoms with Crippen LogP contribution in [0.1, 0.15) is 19.5 Å². The summed E-state index contributed by atoms with van der Waals surface area (Å²) in [6, 6.07) is 9.15. The average molecular weight is 480 g/mol. The van der Waals surface area contributed by atoms with Crippen LogP contribution in [0.2, 0.25) is 5.02 Å². The van der Waals surface area contributed by atoms with Gasteiger partial charge in [0.05, 0.1) is 36.2 Å². The Hall–Kier alpha value is -3.24. The van der Waals surface area contributed by atoms with Gasteiger partial charge < -0.3 is 14.0 Å². The molecule has 2 N–H and O–H groups in total. The highest BCUT2D eigenvalue weighted by Gasteiger charge is 2.24. The van der Waals surface area contributed by atoms with Gasteiger partial charge in [0.2, 0.25) is 11.8 Å². The van der Waals surface area contributed by atoms with Crippen LogP contribution in [0.25, 0.3) is 11.1 Å². The lowest BCUT2D eigenvalue weighted by Gasteiger charge is -2.14. The number of anilines is 2. The van der Waals surface area contributed by atoms with Crippen molar-refractivity contribution < 1.29 is 27.2 Å². The van der Waals surface area contributed by atoms with Gasteiger partial charge in [-0.05, 0) is 42.3 Å². The van der Waals surface area contributed by atoms with Crippen LogP contribution in [0.4, 0.5) is 11.6 Å². The predicted octanol–water partition coefficient (Wildman–Crippen LogP) is 4.33. The van der Waals surface area contributed by atoms with E-state index >= 15 is 0 Å². The molecule has 11 heteroatoms. The molecule has 3 rings (SSSR count). The standard InChI is InChI=1S/C21H22ClN3O6S/c1-5-16-20(21(31-24-16)23-12(2)26)13-6-8-18(30-4)19(10-13)32(27,28)25-14-7-9-17(29-3)15(22)11-14/h6-11,25H,5H2,1-4H3,(H,23,26). The van der Waals surface area contributed by atoms with Gasteiger partial charge in [0.1, 0.15) is 16.4 Å². The third-order valence-corrected chi connectivity index (χ3v) is 6.23. The second-order valence-electron chi connectivity index (χ2n) is 6.69. The summed E-state index contributed by atoms with van der Waals surface area (Å²) in [4.78, 5) is 11.4. The van der Waals surface area contributed by atoms with Crippen molar-refractivity contribution in [1.29, 1.82) is 0 Å². The summed E-state index contributed by atoms with van der Waals surface area (Å²) in [5, 5.41) is 6.81. The molecule has 0 unspecified atom stereocenters. The molecule has 0 aliphatic carbocycles. The van der Waals surface area contributed by atoms with Crippen molar-refractivity contribution in [2.75, 3.05) is 24.3 Å². The predicted molar refractivity (Wildman–Crippen MR) is 121 cm³/mol. The number of carbonyl (C=O) groups is 1. The maximum Gasteiger partial charge on any atom is 0.265 e. The maximum absolute atomic E-state index is 13.2. The number of carbonyl (C=O) groups excluding carboxylic acids is 1. The van der Waals surface area contributed by atoms with E-state index in [1.807, 2.05) is 6.92 Å². The molecule has 170 valence electrons. The number of sulfonamides is 1. The number of rotatable bonds is 8. The molecule has 9 nitrogen and oxygen atoms in total. The minimum atomic E-state index is -4.07. The molecule has 1 heterocycles. The van der Waals surface area contributed by atoms with Gasteiger partial charge in [0.15, 0.2) is 0 Å². The Morgan fingerprint density at radius 2 is 1.81 bits per heavy atom. The van der Waals surface area contributed by atoms with E-state index in [2.05, 4.69) is 15.2 Å². The topological polar surface area (TPSA) is 120 Å². The van der Waals surface area contributed by atoms with E-state index in [1.54, 1.807) is 12.1 Å². The van der Waals surface area contributed by atoms with Crippen LogP contribution in [0.3, 0.4) is 0 Å². The monoisotopic (exact) mass is 479 g/mol. The number of methoxy groups -OCH3 is 2. The van der Waals surface area contributed by atoms with Gasteiger partial charge in [-0.3, -0.25) is 14.8 Å². The van der Waals surface area contributed by atoms with Crippen molar-refractivity contribution in [3.05, 3.63) is 47.1 Å². The molecule has 3 aromatic rings. The van der Waals surface area contributed by atoms with Crippen molar-refractivity contribution in [2.24, 2.45) is 0 Å². The number of amides is 1. The Morgan fingerprint density at radius 3 is 2.41 bits per heavy atom. The quantitative estimate of drug-likeness (QED) is 0.493. The molecular formula is C21H22ClN3O6S. The molecule has 0 bridgehead atoms. The largest absolute Gasteiger partial charge is 0.495 e. The number of hydrogen-bond donors (Lipinski definition) is 2. The van der Waals surface area contributed by atoms with Crippen molar-refractivity contribution in [2.45, 2.75) is 25.2 Å². The van der Waals surface area contributed by atoms with Crippen LogP contribution in [-0.2, 0) is 21.2 Å². The fourth-order valence-electron chi connectivity index (χ4n) is 3.09. The number of halogens is 1. The Bertz CT molecular complexity index is 1260. The zero-order valence-electron chi connectivity index (χ0n) is 17.9. The molecule has 0 saturated heterocycles. The molecule has 0 aliphatic rings. The normalized spacial score (nSPS) is 11.2. The summed E-state index contributed by atoms with van der Waals surface area (Å²) in [7, 11) is -1.24. The summed E-state index contributed by atoms with van der Waals surface area (Å²) in [5.41, 5.74) is 1.80. The van der Waals surface area contributed by atoms with E-state index in [1.165, 1.54) is 45.4 Å². The highest BCUT2D eigenvalue weighted by atomic mass is 35.5. The SMILES string of the molecule is CCc1noc(NC(C)=O)c1-c1ccc(OC)c(S(=O)(=O)Nc2ccc(OC)c(Cl)c2)c1. The molecule has 0 radical (unpaired) electrons. The first-order valence-electron chi connectivity index (χ1n) is 9.51. The summed E-state index contributed by atoms with van der Waals surface area (Å²) in [5.74, 6) is 0.345. The molecule has 0 fully saturated rings. The fraction of sp³-hybridized carbons (Fsp3) is 0.238. The number of nitrogens with zero attached hydrogens (tertiary/aromatic N) is 1. The first-order chi connectivity index (χ1) is 15.2. The third-order valence-electron chi connectivity index (χ3n) is 4.53. The minimum absolute atomic E-state index is 0.110. The third kappa shape index (κ3) is 4.81. The second-order valence-corrected chi connectivity index (χ2v) is 8.75. The zero-order chi connectivity index (χ0) is 23.5. The lowest BCUT2D eigenvalue weighted by Crippen LogP contribution is -2.14. The molecule has 1 amide bonds. The van der Waals surface area contributed by atoms with E-state index in [4.69, 9.17) is 25.6 Å². The van der Waals surface area contributed by atoms with Crippen LogP contribution in [0.15, 0.2) is 45.8 Å². The van der Waals surface area contributed by atoms with Crippen molar-refractivity contribution in [3.63, 3.8) is 0 Å². The number of nitrogens with one attached hydrogen (secondary N) is 2. The van der Waals surface area contributed by atoms with Crippen LogP contribution < -0.4 is 19.5 Å². The number of hydrogen-bond acceptors (Lipinski definition) is 7. The molecule has 2 aromatic carbocycles. The summed E-state index contributed by atoms with van der Waals surface area (Å²) in [6.07, 6.45) is 0.509. The molecule has 0 aliphatic heterocycles. The number of aromatic nitrogens is 1. The summed E-state index contributed by atoms with van der Waals surface area (Å²) < 4.78 is 44.6. The van der Waals surface area contributed by atoms with Crippen LogP contribution >= 0.6 is 11.6 Å². The Labute approximate surface area is 190 Å². The first kappa shape index (κ1) is 23.4. The van der Waals surface area contributed by atoms with E-state index in [0.29, 0.717) is 29.0 Å². The lowest BCUT2D eigenvalue weighted by molar-refractivity contribution is -0.114. The van der Waals surface area contributed by atoms with Crippen LogP contribution in [0.5, 0.6) is 11.5 Å². The lowest BCUT2D eigenvalue weighted by atomic mass is 10.0. The van der Waals surface area contributed by atoms with Gasteiger partial charge in [0, 0.05) is 6.92 Å². The summed E-state index contributed by atoms with van der Waals surface area (Å²) >= 11 is 6.11. The van der Waals surface area contributed by atoms with Gasteiger partial charge in [-0.1, -0.05) is 29.7 Å². The highest BCUT2D eigenvalue weighted by molar-refractivity contribution is 7.92. The van der Waals surface area contributed by atoms with Gasteiger partial charge in [-0.25, -0.2) is 8.42 Å². The number of aryl methyl sites for hydroxylation is 1. The van der Waals surface area contributed by atoms with E-state index in [9.17, 15) is 13.2 Å². The molecule has 1 aromatic heterocycles. The smallest absolute Gasteiger partial charge is 0.265 e. The van der Waals surface area contributed by atoms with Gasteiger partial charge >= 0.3 is 0 Å². The van der Waals surface area contributed by atoms with Crippen LogP contribution in [0, 0.1) is 0 Å². The molecule has 0 atom stereocenters. The molecule has 32 heavy (non-hydrogen) atoms. The molecule has 0 spiro atoms. The first-order valence-corrected chi connectivity index (χ1v) is 11.4. The second kappa shape index (κ2) is 9.49. The summed E-state index contributed by atoms with van der Waals surface area (Å²) in [6.45, 7) is 3.21. The van der Waals surface area contributed by atoms with Crippen molar-refractivity contribution >= 4 is 39.1 Å². The molecular weight excluding hydrogens is 458 g/mol. The maximum atomic E-state index is 13.2. The average Bonchev–Trinajstić information content (AvgIpc) is 3.15. The van der Waals surface area contributed by atoms with E-state index in [0.717, 1.165) is 0 Å². The zero-order valence-corrected chi connectivity index (χ0v) is 19.4. The highest BCUT2D eigenvalue weighted by Crippen LogP contribution is 2.37. The minimum Gasteiger partial charge on any atom is -0.495 e. The Balaban J connectivity index is 2.08. The van der Waals surface area contributed by atoms with Gasteiger partial charge in [-0.2, -0.15) is 0 Å². The Morgan fingerprint density at radius 1 is 1.12 bits per heavy atom. The molecule has 0 saturated carbocycles.